The maximum atomic E-state index is 3.98. The second-order valence-corrected chi connectivity index (χ2v) is 4.64. The van der Waals surface area contributed by atoms with Crippen molar-refractivity contribution < 1.29 is 0 Å². The van der Waals surface area contributed by atoms with Gasteiger partial charge in [-0.05, 0) is 30.6 Å². The van der Waals surface area contributed by atoms with E-state index in [1.54, 1.807) is 0 Å². The summed E-state index contributed by atoms with van der Waals surface area (Å²) in [5.74, 6) is 0.161. The highest BCUT2D eigenvalue weighted by Gasteiger charge is 2.17. The normalized spacial score (nSPS) is 14.6. The molecule has 0 aliphatic heterocycles. The van der Waals surface area contributed by atoms with Crippen molar-refractivity contribution in [3.05, 3.63) is 109 Å². The zero-order chi connectivity index (χ0) is 15.5. The molecule has 0 aliphatic carbocycles. The minimum absolute atomic E-state index is 0.161. The molecule has 0 heterocycles. The summed E-state index contributed by atoms with van der Waals surface area (Å²) < 4.78 is 0. The lowest BCUT2D eigenvalue weighted by Gasteiger charge is -2.20. The van der Waals surface area contributed by atoms with E-state index < -0.39 is 0 Å². The Balaban J connectivity index is 3.45. The van der Waals surface area contributed by atoms with Crippen LogP contribution in [0, 0.1) is 0 Å². The van der Waals surface area contributed by atoms with E-state index in [0.717, 1.165) is 0 Å². The summed E-state index contributed by atoms with van der Waals surface area (Å²) in [6.45, 7) is 11.9. The monoisotopic (exact) mass is 276 g/mol. The molecule has 1 unspecified atom stereocenters. The van der Waals surface area contributed by atoms with Gasteiger partial charge in [0.25, 0.3) is 0 Å². The van der Waals surface area contributed by atoms with Crippen LogP contribution in [0.4, 0.5) is 0 Å². The molecule has 1 aromatic carbocycles. The van der Waals surface area contributed by atoms with Crippen LogP contribution in [0.5, 0.6) is 0 Å². The molecule has 1 aromatic rings. The molecular formula is C21H24. The third kappa shape index (κ3) is 4.92. The highest BCUT2D eigenvalue weighted by molar-refractivity contribution is 5.48. The van der Waals surface area contributed by atoms with Crippen LogP contribution in [0.2, 0.25) is 0 Å². The summed E-state index contributed by atoms with van der Waals surface area (Å²) in [7, 11) is 0. The zero-order valence-corrected chi connectivity index (χ0v) is 13.0. The second-order valence-electron chi connectivity index (χ2n) is 4.64. The number of hydrogen-bond acceptors (Lipinski definition) is 0. The topological polar surface area (TPSA) is 0 Å². The molecule has 21 heavy (non-hydrogen) atoms. The van der Waals surface area contributed by atoms with E-state index in [4.69, 9.17) is 0 Å². The minimum Gasteiger partial charge on any atom is -0.0991 e. The number of hydrogen-bond donors (Lipinski definition) is 0. The molecule has 0 amide bonds. The highest BCUT2D eigenvalue weighted by Crippen LogP contribution is 2.33. The Morgan fingerprint density at radius 1 is 0.952 bits per heavy atom. The van der Waals surface area contributed by atoms with Crippen LogP contribution in [0.15, 0.2) is 103 Å². The van der Waals surface area contributed by atoms with Crippen LogP contribution < -0.4 is 0 Å². The van der Waals surface area contributed by atoms with Gasteiger partial charge in [-0.1, -0.05) is 92.1 Å². The van der Waals surface area contributed by atoms with Gasteiger partial charge in [0.1, 0.15) is 0 Å². The van der Waals surface area contributed by atoms with E-state index in [1.165, 1.54) is 16.7 Å². The molecule has 0 spiro atoms. The molecule has 0 aromatic heterocycles. The number of benzene rings is 1. The molecule has 0 nitrogen and oxygen atoms in total. The molecule has 0 aliphatic rings. The quantitative estimate of drug-likeness (QED) is 0.524. The molecule has 1 atom stereocenters. The predicted molar refractivity (Wildman–Crippen MR) is 95.4 cm³/mol. The first-order valence-electron chi connectivity index (χ1n) is 7.24. The first-order chi connectivity index (χ1) is 10.3. The van der Waals surface area contributed by atoms with Gasteiger partial charge in [0.2, 0.25) is 0 Å². The molecule has 1 rings (SSSR count). The van der Waals surface area contributed by atoms with Gasteiger partial charge in [0.05, 0.1) is 0 Å². The number of allylic oxidation sites excluding steroid dienone is 10. The third-order valence-corrected chi connectivity index (χ3v) is 3.19. The van der Waals surface area contributed by atoms with Crippen molar-refractivity contribution >= 4 is 0 Å². The molecule has 108 valence electrons. The summed E-state index contributed by atoms with van der Waals surface area (Å²) in [5.41, 5.74) is 3.62. The van der Waals surface area contributed by atoms with Gasteiger partial charge in [0, 0.05) is 5.92 Å². The van der Waals surface area contributed by atoms with E-state index in [2.05, 4.69) is 61.7 Å². The number of rotatable bonds is 7. The maximum Gasteiger partial charge on any atom is 0.0339 e. The van der Waals surface area contributed by atoms with E-state index >= 15 is 0 Å². The first-order valence-corrected chi connectivity index (χ1v) is 7.24. The second kappa shape index (κ2) is 9.55. The molecule has 0 fully saturated rings. The van der Waals surface area contributed by atoms with Crippen molar-refractivity contribution in [1.82, 2.24) is 0 Å². The van der Waals surface area contributed by atoms with E-state index in [9.17, 15) is 0 Å². The van der Waals surface area contributed by atoms with Gasteiger partial charge in [-0.2, -0.15) is 0 Å². The van der Waals surface area contributed by atoms with Gasteiger partial charge >= 0.3 is 0 Å². The summed E-state index contributed by atoms with van der Waals surface area (Å²) >= 11 is 0. The summed E-state index contributed by atoms with van der Waals surface area (Å²) in [6, 6.07) is 10.5. The molecule has 0 saturated carbocycles. The van der Waals surface area contributed by atoms with Crippen LogP contribution >= 0.6 is 0 Å². The van der Waals surface area contributed by atoms with E-state index in [1.807, 2.05) is 44.2 Å². The van der Waals surface area contributed by atoms with Crippen molar-refractivity contribution in [2.75, 3.05) is 0 Å². The average Bonchev–Trinajstić information content (AvgIpc) is 2.52. The fraction of sp³-hybridized carbons (Fsp3) is 0.143. The van der Waals surface area contributed by atoms with Crippen LogP contribution in [-0.4, -0.2) is 0 Å². The Labute approximate surface area is 129 Å². The smallest absolute Gasteiger partial charge is 0.0339 e. The fourth-order valence-electron chi connectivity index (χ4n) is 2.29. The molecular weight excluding hydrogens is 252 g/mol. The van der Waals surface area contributed by atoms with Crippen molar-refractivity contribution in [2.24, 2.45) is 0 Å². The molecule has 0 bridgehead atoms. The van der Waals surface area contributed by atoms with Crippen LogP contribution in [-0.2, 0) is 0 Å². The average molecular weight is 276 g/mol. The first kappa shape index (κ1) is 16.7. The van der Waals surface area contributed by atoms with Gasteiger partial charge in [-0.15, -0.1) is 0 Å². The Morgan fingerprint density at radius 3 is 2.19 bits per heavy atom. The Hall–Kier alpha value is -2.34. The molecule has 0 radical (unpaired) electrons. The standard InChI is InChI=1S/C21H24/c1-5-9-15-18(8-4)21(19(13-6-2)14-7-3)20-16-11-10-12-17-20/h5-17,21H,2,4H2,1,3H3/b9-5-,14-7-,18-15+,19-13+. The van der Waals surface area contributed by atoms with Crippen LogP contribution in [0.1, 0.15) is 25.3 Å². The molecule has 0 N–H and O–H groups in total. The fourth-order valence-corrected chi connectivity index (χ4v) is 2.29. The minimum atomic E-state index is 0.161. The summed E-state index contributed by atoms with van der Waals surface area (Å²) in [6.07, 6.45) is 16.2. The van der Waals surface area contributed by atoms with E-state index in [0.29, 0.717) is 0 Å². The summed E-state index contributed by atoms with van der Waals surface area (Å²) in [4.78, 5) is 0. The molecule has 0 heteroatoms. The van der Waals surface area contributed by atoms with Crippen LogP contribution in [0.3, 0.4) is 0 Å². The van der Waals surface area contributed by atoms with Crippen molar-refractivity contribution in [2.45, 2.75) is 19.8 Å². The zero-order valence-electron chi connectivity index (χ0n) is 13.0. The van der Waals surface area contributed by atoms with Gasteiger partial charge in [-0.3, -0.25) is 0 Å². The van der Waals surface area contributed by atoms with E-state index in [-0.39, 0.29) is 5.92 Å². The Kier molecular flexibility index (Phi) is 7.60. The lowest BCUT2D eigenvalue weighted by molar-refractivity contribution is 0.977. The Bertz CT molecular complexity index is 565. The summed E-state index contributed by atoms with van der Waals surface area (Å²) in [5, 5.41) is 0. The lowest BCUT2D eigenvalue weighted by atomic mass is 9.83. The van der Waals surface area contributed by atoms with Gasteiger partial charge in [-0.25, -0.2) is 0 Å². The Morgan fingerprint density at radius 2 is 1.67 bits per heavy atom. The predicted octanol–water partition coefficient (Wildman–Crippen LogP) is 6.15. The maximum absolute atomic E-state index is 3.98. The van der Waals surface area contributed by atoms with Crippen LogP contribution in [0.25, 0.3) is 0 Å². The largest absolute Gasteiger partial charge is 0.0991 e. The van der Waals surface area contributed by atoms with Gasteiger partial charge < -0.3 is 0 Å². The van der Waals surface area contributed by atoms with Crippen molar-refractivity contribution in [1.29, 1.82) is 0 Å². The SMILES string of the molecule is C=C/C=C(\C=C/C)C(/C(C=C)=C/C=C\C)c1ccccc1. The lowest BCUT2D eigenvalue weighted by Crippen LogP contribution is -2.04. The van der Waals surface area contributed by atoms with Gasteiger partial charge in [0.15, 0.2) is 0 Å². The molecule has 0 saturated heterocycles. The third-order valence-electron chi connectivity index (χ3n) is 3.19. The van der Waals surface area contributed by atoms with Crippen molar-refractivity contribution in [3.63, 3.8) is 0 Å². The van der Waals surface area contributed by atoms with Crippen molar-refractivity contribution in [3.8, 4) is 0 Å². The highest BCUT2D eigenvalue weighted by atomic mass is 14.2.